The molecule has 1 amide bonds. The quantitative estimate of drug-likeness (QED) is 0.806. The molecule has 1 saturated carbocycles. The van der Waals surface area contributed by atoms with Gasteiger partial charge in [0.1, 0.15) is 0 Å². The van der Waals surface area contributed by atoms with E-state index in [0.717, 1.165) is 25.7 Å². The van der Waals surface area contributed by atoms with Gasteiger partial charge in [0.2, 0.25) is 5.91 Å². The number of amides is 1. The molecule has 0 aromatic heterocycles. The minimum Gasteiger partial charge on any atom is -0.351 e. The lowest BCUT2D eigenvalue weighted by Gasteiger charge is -2.29. The van der Waals surface area contributed by atoms with E-state index in [0.29, 0.717) is 6.92 Å². The minimum absolute atomic E-state index is 0.254. The summed E-state index contributed by atoms with van der Waals surface area (Å²) in [6.07, 6.45) is -0.677. The number of alkyl halides is 3. The van der Waals surface area contributed by atoms with Crippen molar-refractivity contribution in [3.05, 3.63) is 0 Å². The molecule has 1 unspecified atom stereocenters. The first-order chi connectivity index (χ1) is 7.66. The molecule has 100 valence electrons. The van der Waals surface area contributed by atoms with Crippen LogP contribution in [0.15, 0.2) is 0 Å². The Bertz CT molecular complexity index is 283. The van der Waals surface area contributed by atoms with E-state index in [4.69, 9.17) is 5.73 Å². The normalized spacial score (nSPS) is 23.2. The summed E-state index contributed by atoms with van der Waals surface area (Å²) in [4.78, 5) is 11.5. The lowest BCUT2D eigenvalue weighted by Crippen LogP contribution is -2.62. The van der Waals surface area contributed by atoms with Gasteiger partial charge in [-0.05, 0) is 32.6 Å². The maximum atomic E-state index is 12.5. The minimum atomic E-state index is -4.73. The lowest BCUT2D eigenvalue weighted by atomic mass is 9.97. The summed E-state index contributed by atoms with van der Waals surface area (Å²) in [5.41, 5.74) is 2.23. The zero-order valence-electron chi connectivity index (χ0n) is 10.1. The zero-order chi connectivity index (χ0) is 13.3. The van der Waals surface area contributed by atoms with Crippen LogP contribution >= 0.6 is 0 Å². The van der Waals surface area contributed by atoms with Gasteiger partial charge in [0.25, 0.3) is 0 Å². The molecule has 1 rings (SSSR count). The van der Waals surface area contributed by atoms with Crippen LogP contribution in [-0.4, -0.2) is 23.7 Å². The first-order valence-corrected chi connectivity index (χ1v) is 5.83. The van der Waals surface area contributed by atoms with Crippen molar-refractivity contribution in [1.29, 1.82) is 0 Å². The number of hydrogen-bond acceptors (Lipinski definition) is 2. The molecule has 6 heteroatoms. The highest BCUT2D eigenvalue weighted by Gasteiger charge is 2.54. The average Bonchev–Trinajstić information content (AvgIpc) is 2.68. The smallest absolute Gasteiger partial charge is 0.351 e. The van der Waals surface area contributed by atoms with E-state index in [1.54, 1.807) is 6.92 Å². The monoisotopic (exact) mass is 252 g/mol. The van der Waals surface area contributed by atoms with Crippen LogP contribution in [0, 0.1) is 5.92 Å². The van der Waals surface area contributed by atoms with E-state index in [2.05, 4.69) is 5.32 Å². The predicted octanol–water partition coefficient (Wildman–Crippen LogP) is 1.96. The molecule has 1 fully saturated rings. The van der Waals surface area contributed by atoms with Crippen LogP contribution in [0.1, 0.15) is 39.5 Å². The molecule has 0 aromatic carbocycles. The van der Waals surface area contributed by atoms with Gasteiger partial charge in [0.15, 0.2) is 5.54 Å². The average molecular weight is 252 g/mol. The summed E-state index contributed by atoms with van der Waals surface area (Å²) in [5, 5.41) is 2.38. The van der Waals surface area contributed by atoms with Crippen molar-refractivity contribution in [1.82, 2.24) is 5.32 Å². The summed E-state index contributed by atoms with van der Waals surface area (Å²) >= 11 is 0. The number of carbonyl (C=O) groups excluding carboxylic acids is 1. The van der Waals surface area contributed by atoms with Gasteiger partial charge in [-0.15, -0.1) is 0 Å². The summed E-state index contributed by atoms with van der Waals surface area (Å²) in [5.74, 6) is -0.882. The van der Waals surface area contributed by atoms with Gasteiger partial charge in [-0.25, -0.2) is 0 Å². The number of rotatable bonds is 3. The van der Waals surface area contributed by atoms with Crippen molar-refractivity contribution in [2.45, 2.75) is 57.3 Å². The molecule has 0 radical (unpaired) electrons. The number of nitrogens with one attached hydrogen (secondary N) is 1. The largest absolute Gasteiger partial charge is 0.415 e. The van der Waals surface area contributed by atoms with E-state index in [-0.39, 0.29) is 12.0 Å². The van der Waals surface area contributed by atoms with Gasteiger partial charge >= 0.3 is 6.18 Å². The van der Waals surface area contributed by atoms with Crippen molar-refractivity contribution < 1.29 is 18.0 Å². The van der Waals surface area contributed by atoms with Gasteiger partial charge < -0.3 is 11.1 Å². The van der Waals surface area contributed by atoms with E-state index in [1.807, 2.05) is 0 Å². The molecule has 3 N–H and O–H groups in total. The highest BCUT2D eigenvalue weighted by Crippen LogP contribution is 2.30. The molecule has 17 heavy (non-hydrogen) atoms. The SMILES string of the molecule is C[C@@H](NC(=O)C(C)(N)C(F)(F)F)C1CCCC1. The van der Waals surface area contributed by atoms with Crippen LogP contribution < -0.4 is 11.1 Å². The van der Waals surface area contributed by atoms with E-state index in [1.165, 1.54) is 0 Å². The summed E-state index contributed by atoms with van der Waals surface area (Å²) in [6, 6.07) is -0.254. The van der Waals surface area contributed by atoms with Crippen molar-refractivity contribution in [3.8, 4) is 0 Å². The number of nitrogens with two attached hydrogens (primary N) is 1. The van der Waals surface area contributed by atoms with Crippen molar-refractivity contribution in [2.24, 2.45) is 11.7 Å². The molecule has 1 aliphatic carbocycles. The number of carbonyl (C=O) groups is 1. The molecule has 1 aliphatic rings. The van der Waals surface area contributed by atoms with Gasteiger partial charge in [-0.1, -0.05) is 12.8 Å². The highest BCUT2D eigenvalue weighted by atomic mass is 19.4. The van der Waals surface area contributed by atoms with Crippen LogP contribution in [-0.2, 0) is 4.79 Å². The first kappa shape index (κ1) is 14.3. The van der Waals surface area contributed by atoms with Crippen LogP contribution in [0.4, 0.5) is 13.2 Å². The molecule has 0 saturated heterocycles. The molecule has 2 atom stereocenters. The molecule has 0 aliphatic heterocycles. The van der Waals surface area contributed by atoms with Crippen LogP contribution in [0.5, 0.6) is 0 Å². The third-order valence-electron chi connectivity index (χ3n) is 3.53. The zero-order valence-corrected chi connectivity index (χ0v) is 10.1. The Hall–Kier alpha value is -0.780. The molecule has 0 aromatic rings. The van der Waals surface area contributed by atoms with Crippen molar-refractivity contribution in [2.75, 3.05) is 0 Å². The van der Waals surface area contributed by atoms with Crippen molar-refractivity contribution >= 4 is 5.91 Å². The Morgan fingerprint density at radius 2 is 1.82 bits per heavy atom. The molecule has 0 heterocycles. The fourth-order valence-electron chi connectivity index (χ4n) is 2.06. The number of halogens is 3. The van der Waals surface area contributed by atoms with Gasteiger partial charge in [-0.2, -0.15) is 13.2 Å². The molecular formula is C11H19F3N2O. The van der Waals surface area contributed by atoms with Gasteiger partial charge in [0.05, 0.1) is 0 Å². The first-order valence-electron chi connectivity index (χ1n) is 5.83. The Morgan fingerprint density at radius 3 is 2.24 bits per heavy atom. The van der Waals surface area contributed by atoms with Crippen molar-refractivity contribution in [3.63, 3.8) is 0 Å². The maximum absolute atomic E-state index is 12.5. The van der Waals surface area contributed by atoms with Crippen LogP contribution in [0.3, 0.4) is 0 Å². The maximum Gasteiger partial charge on any atom is 0.415 e. The van der Waals surface area contributed by atoms with E-state index in [9.17, 15) is 18.0 Å². The fourth-order valence-corrected chi connectivity index (χ4v) is 2.06. The van der Waals surface area contributed by atoms with E-state index >= 15 is 0 Å². The number of hydrogen-bond donors (Lipinski definition) is 2. The fraction of sp³-hybridized carbons (Fsp3) is 0.909. The lowest BCUT2D eigenvalue weighted by molar-refractivity contribution is -0.187. The predicted molar refractivity (Wildman–Crippen MR) is 58.2 cm³/mol. The van der Waals surface area contributed by atoms with Crippen LogP contribution in [0.2, 0.25) is 0 Å². The second-order valence-electron chi connectivity index (χ2n) is 5.01. The Labute approximate surface area is 98.9 Å². The second-order valence-corrected chi connectivity index (χ2v) is 5.01. The topological polar surface area (TPSA) is 55.1 Å². The molecule has 3 nitrogen and oxygen atoms in total. The molecule has 0 spiro atoms. The molecule has 0 bridgehead atoms. The van der Waals surface area contributed by atoms with Gasteiger partial charge in [0, 0.05) is 6.04 Å². The second kappa shape index (κ2) is 4.84. The third-order valence-corrected chi connectivity index (χ3v) is 3.53. The summed E-state index contributed by atoms with van der Waals surface area (Å²) in [7, 11) is 0. The highest BCUT2D eigenvalue weighted by molar-refractivity contribution is 5.86. The third kappa shape index (κ3) is 3.12. The molecular weight excluding hydrogens is 233 g/mol. The van der Waals surface area contributed by atoms with Crippen LogP contribution in [0.25, 0.3) is 0 Å². The summed E-state index contributed by atoms with van der Waals surface area (Å²) < 4.78 is 37.6. The standard InChI is InChI=1S/C11H19F3N2O/c1-7(8-5-3-4-6-8)16-9(17)10(2,15)11(12,13)14/h7-8H,3-6,15H2,1-2H3,(H,16,17)/t7-,10?/m1/s1. The Morgan fingerprint density at radius 1 is 1.35 bits per heavy atom. The van der Waals surface area contributed by atoms with E-state index < -0.39 is 17.6 Å². The Balaban J connectivity index is 2.59. The summed E-state index contributed by atoms with van der Waals surface area (Å²) in [6.45, 7) is 2.43. The Kier molecular flexibility index (Phi) is 4.06. The van der Waals surface area contributed by atoms with Gasteiger partial charge in [-0.3, -0.25) is 4.79 Å².